The SMILES string of the molecule is N#CC(I)C(O)(Cn1cncn1)c1ccc(F)cc1F. The van der Waals surface area contributed by atoms with Crippen molar-refractivity contribution >= 4 is 22.6 Å². The summed E-state index contributed by atoms with van der Waals surface area (Å²) in [5.74, 6) is -1.67. The molecule has 0 saturated carbocycles. The number of alkyl halides is 1. The van der Waals surface area contributed by atoms with E-state index in [9.17, 15) is 13.9 Å². The van der Waals surface area contributed by atoms with Crippen LogP contribution in [-0.2, 0) is 12.1 Å². The predicted molar refractivity (Wildman–Crippen MR) is 73.7 cm³/mol. The monoisotopic (exact) mass is 390 g/mol. The van der Waals surface area contributed by atoms with E-state index >= 15 is 0 Å². The van der Waals surface area contributed by atoms with Crippen LogP contribution in [0.4, 0.5) is 8.78 Å². The number of hydrogen-bond acceptors (Lipinski definition) is 4. The summed E-state index contributed by atoms with van der Waals surface area (Å²) in [5, 5.41) is 23.6. The van der Waals surface area contributed by atoms with E-state index in [-0.39, 0.29) is 12.1 Å². The molecule has 20 heavy (non-hydrogen) atoms. The molecule has 0 aliphatic rings. The average Bonchev–Trinajstić information content (AvgIpc) is 2.90. The third kappa shape index (κ3) is 2.78. The molecule has 2 rings (SSSR count). The fourth-order valence-corrected chi connectivity index (χ4v) is 2.34. The maximum atomic E-state index is 13.9. The molecule has 0 radical (unpaired) electrons. The van der Waals surface area contributed by atoms with Gasteiger partial charge in [0.05, 0.1) is 12.6 Å². The highest BCUT2D eigenvalue weighted by molar-refractivity contribution is 14.1. The van der Waals surface area contributed by atoms with E-state index in [4.69, 9.17) is 5.26 Å². The lowest BCUT2D eigenvalue weighted by Crippen LogP contribution is -2.40. The summed E-state index contributed by atoms with van der Waals surface area (Å²) in [6, 6.07) is 4.70. The summed E-state index contributed by atoms with van der Waals surface area (Å²) in [5.41, 5.74) is -2.00. The number of rotatable bonds is 4. The lowest BCUT2D eigenvalue weighted by atomic mass is 9.90. The van der Waals surface area contributed by atoms with Crippen molar-refractivity contribution in [3.63, 3.8) is 0 Å². The molecule has 0 aliphatic heterocycles. The summed E-state index contributed by atoms with van der Waals surface area (Å²) in [7, 11) is 0. The fraction of sp³-hybridized carbons (Fsp3) is 0.250. The molecular weight excluding hydrogens is 381 g/mol. The van der Waals surface area contributed by atoms with Crippen LogP contribution in [-0.4, -0.2) is 23.8 Å². The zero-order valence-corrected chi connectivity index (χ0v) is 12.2. The van der Waals surface area contributed by atoms with Crippen LogP contribution in [0, 0.1) is 23.0 Å². The van der Waals surface area contributed by atoms with Gasteiger partial charge in [0.25, 0.3) is 0 Å². The molecule has 0 fully saturated rings. The Balaban J connectivity index is 2.49. The number of benzene rings is 1. The number of halogens is 3. The Morgan fingerprint density at radius 3 is 2.80 bits per heavy atom. The van der Waals surface area contributed by atoms with Gasteiger partial charge in [-0.25, -0.2) is 18.4 Å². The molecule has 0 amide bonds. The molecule has 8 heteroatoms. The number of aromatic nitrogens is 3. The summed E-state index contributed by atoms with van der Waals surface area (Å²) in [4.78, 5) is 3.72. The number of aliphatic hydroxyl groups is 1. The third-order valence-corrected chi connectivity index (χ3v) is 4.11. The molecule has 2 unspecified atom stereocenters. The second-order valence-electron chi connectivity index (χ2n) is 4.13. The summed E-state index contributed by atoms with van der Waals surface area (Å²) < 4.78 is 27.2. The number of hydrogen-bond donors (Lipinski definition) is 1. The van der Waals surface area contributed by atoms with Crippen molar-refractivity contribution < 1.29 is 13.9 Å². The van der Waals surface area contributed by atoms with E-state index in [2.05, 4.69) is 10.1 Å². The van der Waals surface area contributed by atoms with Gasteiger partial charge >= 0.3 is 0 Å². The second kappa shape index (κ2) is 5.80. The molecule has 1 aromatic carbocycles. The van der Waals surface area contributed by atoms with Gasteiger partial charge in [-0.05, 0) is 6.07 Å². The largest absolute Gasteiger partial charge is 0.381 e. The Labute approximate surface area is 127 Å². The molecular formula is C12H9F2IN4O. The Hall–Kier alpha value is -1.60. The fourth-order valence-electron chi connectivity index (χ4n) is 1.81. The second-order valence-corrected chi connectivity index (χ2v) is 5.38. The standard InChI is InChI=1S/C12H9F2IN4O/c13-8-1-2-9(10(14)3-8)12(20,11(15)4-16)5-19-7-17-6-18-19/h1-3,6-7,11,20H,5H2. The van der Waals surface area contributed by atoms with Gasteiger partial charge in [0, 0.05) is 11.6 Å². The van der Waals surface area contributed by atoms with Gasteiger partial charge in [-0.15, -0.1) is 0 Å². The Kier molecular flexibility index (Phi) is 4.29. The Morgan fingerprint density at radius 2 is 2.25 bits per heavy atom. The van der Waals surface area contributed by atoms with Crippen molar-refractivity contribution in [2.24, 2.45) is 0 Å². The van der Waals surface area contributed by atoms with Crippen LogP contribution in [0.15, 0.2) is 30.9 Å². The van der Waals surface area contributed by atoms with Gasteiger partial charge in [-0.3, -0.25) is 0 Å². The van der Waals surface area contributed by atoms with Crippen LogP contribution in [0.1, 0.15) is 5.56 Å². The molecule has 1 heterocycles. The third-order valence-electron chi connectivity index (χ3n) is 2.80. The smallest absolute Gasteiger partial charge is 0.137 e. The molecule has 5 nitrogen and oxygen atoms in total. The normalized spacial score (nSPS) is 15.3. The van der Waals surface area contributed by atoms with Gasteiger partial charge < -0.3 is 5.11 Å². The lowest BCUT2D eigenvalue weighted by molar-refractivity contribution is 0.0250. The van der Waals surface area contributed by atoms with Crippen molar-refractivity contribution in [3.05, 3.63) is 48.1 Å². The Bertz CT molecular complexity index is 643. The molecule has 0 saturated heterocycles. The van der Waals surface area contributed by atoms with E-state index in [1.807, 2.05) is 6.07 Å². The molecule has 0 spiro atoms. The first-order chi connectivity index (χ1) is 9.47. The van der Waals surface area contributed by atoms with E-state index in [1.165, 1.54) is 17.3 Å². The minimum Gasteiger partial charge on any atom is -0.381 e. The molecule has 104 valence electrons. The lowest BCUT2D eigenvalue weighted by Gasteiger charge is -2.30. The first-order valence-corrected chi connectivity index (χ1v) is 6.76. The zero-order chi connectivity index (χ0) is 14.8. The minimum absolute atomic E-state index is 0.157. The first kappa shape index (κ1) is 14.8. The molecule has 1 aromatic heterocycles. The van der Waals surface area contributed by atoms with E-state index < -0.39 is 21.2 Å². The van der Waals surface area contributed by atoms with E-state index in [0.717, 1.165) is 12.1 Å². The highest BCUT2D eigenvalue weighted by Crippen LogP contribution is 2.33. The van der Waals surface area contributed by atoms with Crippen LogP contribution >= 0.6 is 22.6 Å². The van der Waals surface area contributed by atoms with Crippen molar-refractivity contribution in [2.45, 2.75) is 16.1 Å². The van der Waals surface area contributed by atoms with Crippen LogP contribution in [0.2, 0.25) is 0 Å². The number of nitrogens with zero attached hydrogens (tertiary/aromatic N) is 4. The molecule has 0 bridgehead atoms. The van der Waals surface area contributed by atoms with Gasteiger partial charge in [-0.1, -0.05) is 28.7 Å². The summed E-state index contributed by atoms with van der Waals surface area (Å²) >= 11 is 1.71. The van der Waals surface area contributed by atoms with Crippen LogP contribution in [0.5, 0.6) is 0 Å². The van der Waals surface area contributed by atoms with Crippen LogP contribution < -0.4 is 0 Å². The quantitative estimate of drug-likeness (QED) is 0.638. The van der Waals surface area contributed by atoms with Crippen molar-refractivity contribution in [1.82, 2.24) is 14.8 Å². The minimum atomic E-state index is -1.85. The predicted octanol–water partition coefficient (Wildman–Crippen LogP) is 1.77. The Morgan fingerprint density at radius 1 is 1.50 bits per heavy atom. The van der Waals surface area contributed by atoms with Gasteiger partial charge in [0.2, 0.25) is 0 Å². The molecule has 2 aromatic rings. The summed E-state index contributed by atoms with van der Waals surface area (Å²) in [6.45, 7) is -0.170. The molecule has 0 aliphatic carbocycles. The summed E-state index contributed by atoms with van der Waals surface area (Å²) in [6.07, 6.45) is 2.60. The number of nitriles is 1. The molecule has 1 N–H and O–H groups in total. The van der Waals surface area contributed by atoms with Crippen LogP contribution in [0.25, 0.3) is 0 Å². The average molecular weight is 390 g/mol. The first-order valence-electron chi connectivity index (χ1n) is 5.51. The van der Waals surface area contributed by atoms with Gasteiger partial charge in [0.1, 0.15) is 33.8 Å². The highest BCUT2D eigenvalue weighted by atomic mass is 127. The van der Waals surface area contributed by atoms with Gasteiger partial charge in [-0.2, -0.15) is 10.4 Å². The van der Waals surface area contributed by atoms with Crippen molar-refractivity contribution in [1.29, 1.82) is 5.26 Å². The van der Waals surface area contributed by atoms with Gasteiger partial charge in [0.15, 0.2) is 0 Å². The van der Waals surface area contributed by atoms with Crippen molar-refractivity contribution in [3.8, 4) is 6.07 Å². The topological polar surface area (TPSA) is 74.7 Å². The molecule has 2 atom stereocenters. The van der Waals surface area contributed by atoms with Crippen LogP contribution in [0.3, 0.4) is 0 Å². The maximum absolute atomic E-state index is 13.9. The van der Waals surface area contributed by atoms with E-state index in [0.29, 0.717) is 6.07 Å². The van der Waals surface area contributed by atoms with Crippen molar-refractivity contribution in [2.75, 3.05) is 0 Å². The maximum Gasteiger partial charge on any atom is 0.137 e. The highest BCUT2D eigenvalue weighted by Gasteiger charge is 2.40. The van der Waals surface area contributed by atoms with E-state index in [1.54, 1.807) is 22.6 Å². The zero-order valence-electron chi connectivity index (χ0n) is 10.0.